The highest BCUT2D eigenvalue weighted by molar-refractivity contribution is 7.89. The van der Waals surface area contributed by atoms with E-state index in [1.807, 2.05) is 6.92 Å². The Morgan fingerprint density at radius 1 is 1.14 bits per heavy atom. The van der Waals surface area contributed by atoms with Crippen LogP contribution in [0.5, 0.6) is 0 Å². The van der Waals surface area contributed by atoms with E-state index in [2.05, 4.69) is 0 Å². The quantitative estimate of drug-likeness (QED) is 0.869. The molecule has 0 unspecified atom stereocenters. The Morgan fingerprint density at radius 2 is 1.71 bits per heavy atom. The summed E-state index contributed by atoms with van der Waals surface area (Å²) in [5, 5.41) is 21.2. The number of hydrogen-bond acceptors (Lipinski definition) is 4. The number of aryl methyl sites for hydroxylation is 1. The van der Waals surface area contributed by atoms with E-state index in [0.717, 1.165) is 18.4 Å². The van der Waals surface area contributed by atoms with Crippen LogP contribution in [0.1, 0.15) is 25.3 Å². The normalized spacial score (nSPS) is 34.3. The van der Waals surface area contributed by atoms with Crippen molar-refractivity contribution >= 4 is 10.0 Å². The molecule has 6 heteroatoms. The van der Waals surface area contributed by atoms with Crippen molar-refractivity contribution in [2.75, 3.05) is 13.1 Å². The lowest BCUT2D eigenvalue weighted by molar-refractivity contribution is -0.119. The largest absolute Gasteiger partial charge is 0.386 e. The van der Waals surface area contributed by atoms with Gasteiger partial charge in [0, 0.05) is 13.1 Å². The molecule has 0 radical (unpaired) electrons. The Balaban J connectivity index is 1.93. The number of hydrogen-bond donors (Lipinski definition) is 2. The van der Waals surface area contributed by atoms with Gasteiger partial charge in [0.2, 0.25) is 10.0 Å². The second-order valence-electron chi connectivity index (χ2n) is 6.56. The molecular weight excluding hydrogens is 290 g/mol. The molecule has 1 aromatic carbocycles. The summed E-state index contributed by atoms with van der Waals surface area (Å²) < 4.78 is 26.5. The van der Waals surface area contributed by atoms with Gasteiger partial charge in [0.05, 0.1) is 4.90 Å². The molecule has 0 bridgehead atoms. The van der Waals surface area contributed by atoms with Gasteiger partial charge in [-0.05, 0) is 44.7 Å². The smallest absolute Gasteiger partial charge is 0.243 e. The molecule has 21 heavy (non-hydrogen) atoms. The SMILES string of the molecule is Cc1ccc(S(=O)(=O)N2C[C@@](O)(C3CC3)[C@](C)(O)C2)cc1. The molecule has 2 aliphatic rings. The Kier molecular flexibility index (Phi) is 3.22. The molecule has 0 amide bonds. The van der Waals surface area contributed by atoms with Crippen LogP contribution in [-0.2, 0) is 10.0 Å². The highest BCUT2D eigenvalue weighted by Gasteiger charge is 2.62. The number of β-amino-alcohol motifs (C(OH)–C–C–N with tert-alkyl or cyclic N) is 2. The van der Waals surface area contributed by atoms with E-state index in [4.69, 9.17) is 0 Å². The summed E-state index contributed by atoms with van der Waals surface area (Å²) >= 11 is 0. The molecule has 1 saturated heterocycles. The Labute approximate surface area is 125 Å². The van der Waals surface area contributed by atoms with Crippen molar-refractivity contribution in [1.29, 1.82) is 0 Å². The summed E-state index contributed by atoms with van der Waals surface area (Å²) in [6.07, 6.45) is 1.68. The average molecular weight is 311 g/mol. The van der Waals surface area contributed by atoms with Gasteiger partial charge in [-0.15, -0.1) is 0 Å². The summed E-state index contributed by atoms with van der Waals surface area (Å²) in [4.78, 5) is 0.198. The van der Waals surface area contributed by atoms with Crippen molar-refractivity contribution in [3.05, 3.63) is 29.8 Å². The van der Waals surface area contributed by atoms with Crippen molar-refractivity contribution in [1.82, 2.24) is 4.31 Å². The van der Waals surface area contributed by atoms with E-state index in [0.29, 0.717) is 0 Å². The van der Waals surface area contributed by atoms with Crippen molar-refractivity contribution in [3.63, 3.8) is 0 Å². The Morgan fingerprint density at radius 3 is 2.24 bits per heavy atom. The van der Waals surface area contributed by atoms with Crippen molar-refractivity contribution in [2.45, 2.75) is 42.8 Å². The van der Waals surface area contributed by atoms with Crippen LogP contribution in [-0.4, -0.2) is 47.2 Å². The molecule has 0 spiro atoms. The third-order valence-electron chi connectivity index (χ3n) is 4.75. The number of nitrogens with zero attached hydrogens (tertiary/aromatic N) is 1. The van der Waals surface area contributed by atoms with Crippen LogP contribution in [0.4, 0.5) is 0 Å². The molecule has 1 aromatic rings. The maximum absolute atomic E-state index is 12.7. The number of sulfonamides is 1. The topological polar surface area (TPSA) is 77.8 Å². The number of rotatable bonds is 3. The monoisotopic (exact) mass is 311 g/mol. The molecule has 116 valence electrons. The first-order valence-corrected chi connectivity index (χ1v) is 8.62. The molecule has 1 aliphatic carbocycles. The first-order chi connectivity index (χ1) is 9.67. The second-order valence-corrected chi connectivity index (χ2v) is 8.50. The second kappa shape index (κ2) is 4.52. The fourth-order valence-electron chi connectivity index (χ4n) is 3.13. The van der Waals surface area contributed by atoms with Crippen LogP contribution in [0.25, 0.3) is 0 Å². The third-order valence-corrected chi connectivity index (χ3v) is 6.55. The molecular formula is C15H21NO4S. The zero-order chi connectivity index (χ0) is 15.5. The van der Waals surface area contributed by atoms with Gasteiger partial charge in [0.1, 0.15) is 11.2 Å². The zero-order valence-corrected chi connectivity index (χ0v) is 13.1. The van der Waals surface area contributed by atoms with Crippen LogP contribution in [0.3, 0.4) is 0 Å². The molecule has 2 atom stereocenters. The molecule has 5 nitrogen and oxygen atoms in total. The summed E-state index contributed by atoms with van der Waals surface area (Å²) in [6, 6.07) is 6.62. The van der Waals surface area contributed by atoms with E-state index in [-0.39, 0.29) is 23.9 Å². The van der Waals surface area contributed by atoms with Crippen molar-refractivity contribution < 1.29 is 18.6 Å². The molecule has 1 aliphatic heterocycles. The first kappa shape index (κ1) is 15.0. The predicted octanol–water partition coefficient (Wildman–Crippen LogP) is 0.891. The van der Waals surface area contributed by atoms with Crippen LogP contribution < -0.4 is 0 Å². The minimum atomic E-state index is -3.69. The minimum Gasteiger partial charge on any atom is -0.386 e. The highest BCUT2D eigenvalue weighted by atomic mass is 32.2. The lowest BCUT2D eigenvalue weighted by atomic mass is 9.83. The van der Waals surface area contributed by atoms with Gasteiger partial charge in [-0.1, -0.05) is 17.7 Å². The van der Waals surface area contributed by atoms with E-state index in [1.165, 1.54) is 11.2 Å². The van der Waals surface area contributed by atoms with Crippen LogP contribution in [0.15, 0.2) is 29.2 Å². The maximum Gasteiger partial charge on any atom is 0.243 e. The lowest BCUT2D eigenvalue weighted by Gasteiger charge is -2.33. The van der Waals surface area contributed by atoms with Gasteiger partial charge in [0.25, 0.3) is 0 Å². The standard InChI is InChI=1S/C15H21NO4S/c1-11-3-7-13(8-4-11)21(19,20)16-9-14(2,17)15(18,10-16)12-5-6-12/h3-4,7-8,12,17-18H,5-6,9-10H2,1-2H3/t14-,15-/m1/s1. The Hall–Kier alpha value is -0.950. The van der Waals surface area contributed by atoms with E-state index in [9.17, 15) is 18.6 Å². The van der Waals surface area contributed by atoms with Crippen LogP contribution in [0.2, 0.25) is 0 Å². The van der Waals surface area contributed by atoms with Gasteiger partial charge < -0.3 is 10.2 Å². The van der Waals surface area contributed by atoms with Crippen LogP contribution in [0, 0.1) is 12.8 Å². The molecule has 1 saturated carbocycles. The summed E-state index contributed by atoms with van der Waals surface area (Å²) in [7, 11) is -3.69. The van der Waals surface area contributed by atoms with E-state index >= 15 is 0 Å². The molecule has 2 N–H and O–H groups in total. The zero-order valence-electron chi connectivity index (χ0n) is 12.3. The van der Waals surface area contributed by atoms with E-state index in [1.54, 1.807) is 24.3 Å². The lowest BCUT2D eigenvalue weighted by Crippen LogP contribution is -2.52. The van der Waals surface area contributed by atoms with Gasteiger partial charge >= 0.3 is 0 Å². The Bertz CT molecular complexity index is 649. The van der Waals surface area contributed by atoms with Crippen LogP contribution >= 0.6 is 0 Å². The predicted molar refractivity (Wildman–Crippen MR) is 78.2 cm³/mol. The molecule has 1 heterocycles. The van der Waals surface area contributed by atoms with E-state index < -0.39 is 21.2 Å². The summed E-state index contributed by atoms with van der Waals surface area (Å²) in [6.45, 7) is 3.30. The van der Waals surface area contributed by atoms with Gasteiger partial charge in [0.15, 0.2) is 0 Å². The fourth-order valence-corrected chi connectivity index (χ4v) is 4.70. The van der Waals surface area contributed by atoms with Gasteiger partial charge in [-0.2, -0.15) is 4.31 Å². The first-order valence-electron chi connectivity index (χ1n) is 7.18. The number of benzene rings is 1. The highest BCUT2D eigenvalue weighted by Crippen LogP contribution is 2.49. The summed E-state index contributed by atoms with van der Waals surface area (Å²) in [5.74, 6) is -0.00859. The van der Waals surface area contributed by atoms with Gasteiger partial charge in [-0.3, -0.25) is 0 Å². The van der Waals surface area contributed by atoms with Crippen molar-refractivity contribution in [3.8, 4) is 0 Å². The van der Waals surface area contributed by atoms with Gasteiger partial charge in [-0.25, -0.2) is 8.42 Å². The minimum absolute atomic E-state index is 0.00859. The molecule has 3 rings (SSSR count). The van der Waals surface area contributed by atoms with Crippen molar-refractivity contribution in [2.24, 2.45) is 5.92 Å². The molecule has 0 aromatic heterocycles. The number of aliphatic hydroxyl groups is 2. The third kappa shape index (κ3) is 2.30. The summed E-state index contributed by atoms with van der Waals surface area (Å²) in [5.41, 5.74) is -1.77. The average Bonchev–Trinajstić information content (AvgIpc) is 3.19. The molecule has 2 fully saturated rings. The maximum atomic E-state index is 12.7. The fraction of sp³-hybridized carbons (Fsp3) is 0.600.